The third-order valence-corrected chi connectivity index (χ3v) is 6.32. The minimum Gasteiger partial charge on any atom is -0.490 e. The lowest BCUT2D eigenvalue weighted by Gasteiger charge is -2.29. The fourth-order valence-corrected chi connectivity index (χ4v) is 4.37. The molecule has 2 heterocycles. The minimum atomic E-state index is -0.268. The van der Waals surface area contributed by atoms with Crippen molar-refractivity contribution in [2.75, 3.05) is 30.8 Å². The van der Waals surface area contributed by atoms with Crippen molar-refractivity contribution in [1.82, 2.24) is 14.9 Å². The normalized spacial score (nSPS) is 14.2. The summed E-state index contributed by atoms with van der Waals surface area (Å²) in [5.41, 5.74) is 1.25. The first-order valence-electron chi connectivity index (χ1n) is 12.5. The molecule has 9 nitrogen and oxygen atoms in total. The van der Waals surface area contributed by atoms with Crippen molar-refractivity contribution in [1.29, 1.82) is 0 Å². The van der Waals surface area contributed by atoms with Crippen LogP contribution in [0.2, 0.25) is 0 Å². The standard InChI is InChI=1S/C29H29N5O4/c1-19(35)31-29-30-15-12-27(33-29)38-24-10-11-25-20(18-24)4-3-5-26(25)28(36)32-21-6-8-22(9-7-21)37-23-13-16-34(2)17-14-23/h3-12,15,18,23H,13-14,16-17H2,1-2H3,(H,32,36)(H,30,31,33,35). The van der Waals surface area contributed by atoms with E-state index in [4.69, 9.17) is 9.47 Å². The third-order valence-electron chi connectivity index (χ3n) is 6.32. The molecule has 1 fully saturated rings. The van der Waals surface area contributed by atoms with Gasteiger partial charge in [-0.15, -0.1) is 0 Å². The van der Waals surface area contributed by atoms with Gasteiger partial charge in [0.15, 0.2) is 0 Å². The zero-order valence-corrected chi connectivity index (χ0v) is 21.3. The predicted octanol–water partition coefficient (Wildman–Crippen LogP) is 5.11. The SMILES string of the molecule is CC(=O)Nc1nccc(Oc2ccc3c(C(=O)Nc4ccc(OC5CCN(C)CC5)cc4)cccc3c2)n1. The maximum Gasteiger partial charge on any atom is 0.256 e. The lowest BCUT2D eigenvalue weighted by Crippen LogP contribution is -2.35. The lowest BCUT2D eigenvalue weighted by molar-refractivity contribution is -0.114. The average molecular weight is 512 g/mol. The number of benzene rings is 3. The van der Waals surface area contributed by atoms with Gasteiger partial charge in [0.1, 0.15) is 17.6 Å². The van der Waals surface area contributed by atoms with Crippen molar-refractivity contribution < 1.29 is 19.1 Å². The quantitative estimate of drug-likeness (QED) is 0.355. The van der Waals surface area contributed by atoms with Crippen LogP contribution < -0.4 is 20.1 Å². The van der Waals surface area contributed by atoms with Crippen LogP contribution >= 0.6 is 0 Å². The second-order valence-electron chi connectivity index (χ2n) is 9.29. The van der Waals surface area contributed by atoms with E-state index < -0.39 is 0 Å². The number of carbonyl (C=O) groups is 2. The van der Waals surface area contributed by atoms with Crippen molar-refractivity contribution >= 4 is 34.2 Å². The van der Waals surface area contributed by atoms with Gasteiger partial charge < -0.3 is 19.7 Å². The molecule has 38 heavy (non-hydrogen) atoms. The highest BCUT2D eigenvalue weighted by Crippen LogP contribution is 2.28. The maximum atomic E-state index is 13.1. The van der Waals surface area contributed by atoms with E-state index in [0.29, 0.717) is 22.9 Å². The first kappa shape index (κ1) is 25.2. The molecule has 0 saturated carbocycles. The second kappa shape index (κ2) is 11.3. The number of nitrogens with zero attached hydrogens (tertiary/aromatic N) is 3. The molecule has 1 aromatic heterocycles. The van der Waals surface area contributed by atoms with Crippen LogP contribution in [0.1, 0.15) is 30.1 Å². The van der Waals surface area contributed by atoms with E-state index in [0.717, 1.165) is 42.5 Å². The zero-order valence-electron chi connectivity index (χ0n) is 21.3. The number of rotatable bonds is 7. The molecule has 1 saturated heterocycles. The van der Waals surface area contributed by atoms with Gasteiger partial charge in [-0.3, -0.25) is 14.9 Å². The number of hydrogen-bond acceptors (Lipinski definition) is 7. The number of nitrogens with one attached hydrogen (secondary N) is 2. The molecular weight excluding hydrogens is 482 g/mol. The van der Waals surface area contributed by atoms with E-state index in [1.54, 1.807) is 18.2 Å². The summed E-state index contributed by atoms with van der Waals surface area (Å²) < 4.78 is 12.0. The third kappa shape index (κ3) is 6.24. The number of carbonyl (C=O) groups excluding carboxylic acids is 2. The number of hydrogen-bond donors (Lipinski definition) is 2. The molecule has 0 spiro atoms. The smallest absolute Gasteiger partial charge is 0.256 e. The van der Waals surface area contributed by atoms with E-state index in [9.17, 15) is 9.59 Å². The van der Waals surface area contributed by atoms with Crippen molar-refractivity contribution in [3.05, 3.63) is 78.5 Å². The molecule has 0 atom stereocenters. The summed E-state index contributed by atoms with van der Waals surface area (Å²) in [6.45, 7) is 3.46. The topological polar surface area (TPSA) is 106 Å². The van der Waals surface area contributed by atoms with Crippen LogP contribution in [0, 0.1) is 0 Å². The van der Waals surface area contributed by atoms with Crippen LogP contribution in [0.5, 0.6) is 17.4 Å². The van der Waals surface area contributed by atoms with Gasteiger partial charge >= 0.3 is 0 Å². The van der Waals surface area contributed by atoms with Crippen LogP contribution in [0.15, 0.2) is 72.9 Å². The molecule has 0 radical (unpaired) electrons. The Hall–Kier alpha value is -4.50. The summed E-state index contributed by atoms with van der Waals surface area (Å²) in [5.74, 6) is 1.34. The molecule has 9 heteroatoms. The minimum absolute atomic E-state index is 0.163. The van der Waals surface area contributed by atoms with E-state index in [-0.39, 0.29) is 23.9 Å². The van der Waals surface area contributed by atoms with E-state index in [1.165, 1.54) is 13.1 Å². The summed E-state index contributed by atoms with van der Waals surface area (Å²) in [4.78, 5) is 34.9. The summed E-state index contributed by atoms with van der Waals surface area (Å²) in [7, 11) is 2.13. The van der Waals surface area contributed by atoms with E-state index >= 15 is 0 Å². The molecule has 4 aromatic rings. The lowest BCUT2D eigenvalue weighted by atomic mass is 10.0. The first-order valence-corrected chi connectivity index (χ1v) is 12.5. The van der Waals surface area contributed by atoms with Crippen molar-refractivity contribution in [3.8, 4) is 17.4 Å². The van der Waals surface area contributed by atoms with Crippen LogP contribution in [0.3, 0.4) is 0 Å². The fourth-order valence-electron chi connectivity index (χ4n) is 4.37. The molecule has 2 N–H and O–H groups in total. The molecule has 0 unspecified atom stereocenters. The van der Waals surface area contributed by atoms with Crippen LogP contribution in [-0.4, -0.2) is 52.9 Å². The number of anilines is 2. The van der Waals surface area contributed by atoms with Crippen LogP contribution in [0.25, 0.3) is 10.8 Å². The molecule has 194 valence electrons. The summed E-state index contributed by atoms with van der Waals surface area (Å²) in [6.07, 6.45) is 3.76. The summed E-state index contributed by atoms with van der Waals surface area (Å²) in [6, 6.07) is 20.1. The van der Waals surface area contributed by atoms with Crippen LogP contribution in [-0.2, 0) is 4.79 Å². The number of piperidine rings is 1. The van der Waals surface area contributed by atoms with Gasteiger partial charge in [0.2, 0.25) is 17.7 Å². The largest absolute Gasteiger partial charge is 0.490 e. The van der Waals surface area contributed by atoms with Crippen molar-refractivity contribution in [3.63, 3.8) is 0 Å². The molecule has 0 bridgehead atoms. The number of ether oxygens (including phenoxy) is 2. The van der Waals surface area contributed by atoms with E-state index in [1.807, 2.05) is 48.5 Å². The number of likely N-dealkylation sites (tertiary alicyclic amines) is 1. The molecule has 5 rings (SSSR count). The Labute approximate surface area is 220 Å². The van der Waals surface area contributed by atoms with Crippen molar-refractivity contribution in [2.24, 2.45) is 0 Å². The molecule has 1 aliphatic heterocycles. The monoisotopic (exact) mass is 511 g/mol. The Morgan fingerprint density at radius 3 is 2.47 bits per heavy atom. The summed E-state index contributed by atoms with van der Waals surface area (Å²) >= 11 is 0. The van der Waals surface area contributed by atoms with Gasteiger partial charge in [-0.05, 0) is 79.2 Å². The zero-order chi connectivity index (χ0) is 26.5. The number of fused-ring (bicyclic) bond motifs is 1. The highest BCUT2D eigenvalue weighted by molar-refractivity contribution is 6.13. The van der Waals surface area contributed by atoms with Gasteiger partial charge in [0.25, 0.3) is 5.91 Å². The number of aromatic nitrogens is 2. The Balaban J connectivity index is 1.26. The Kier molecular flexibility index (Phi) is 7.46. The van der Waals surface area contributed by atoms with Gasteiger partial charge in [0, 0.05) is 43.5 Å². The molecular formula is C29H29N5O4. The van der Waals surface area contributed by atoms with Crippen molar-refractivity contribution in [2.45, 2.75) is 25.9 Å². The fraction of sp³-hybridized carbons (Fsp3) is 0.241. The van der Waals surface area contributed by atoms with Gasteiger partial charge in [0.05, 0.1) is 0 Å². The molecule has 1 aliphatic rings. The maximum absolute atomic E-state index is 13.1. The molecule has 2 amide bonds. The highest BCUT2D eigenvalue weighted by Gasteiger charge is 2.18. The summed E-state index contributed by atoms with van der Waals surface area (Å²) in [5, 5.41) is 7.14. The predicted molar refractivity (Wildman–Crippen MR) is 146 cm³/mol. The molecule has 3 aromatic carbocycles. The van der Waals surface area contributed by atoms with Gasteiger partial charge in [-0.2, -0.15) is 4.98 Å². The Morgan fingerprint density at radius 2 is 1.71 bits per heavy atom. The highest BCUT2D eigenvalue weighted by atomic mass is 16.5. The van der Waals surface area contributed by atoms with E-state index in [2.05, 4.69) is 32.5 Å². The number of amides is 2. The Bertz CT molecular complexity index is 1450. The van der Waals surface area contributed by atoms with Gasteiger partial charge in [-0.1, -0.05) is 12.1 Å². The first-order chi connectivity index (χ1) is 18.4. The average Bonchev–Trinajstić information content (AvgIpc) is 2.90. The van der Waals surface area contributed by atoms with Crippen LogP contribution in [0.4, 0.5) is 11.6 Å². The van der Waals surface area contributed by atoms with Gasteiger partial charge in [-0.25, -0.2) is 4.98 Å². The second-order valence-corrected chi connectivity index (χ2v) is 9.29. The molecule has 0 aliphatic carbocycles. The Morgan fingerprint density at radius 1 is 0.947 bits per heavy atom.